The van der Waals surface area contributed by atoms with Gasteiger partial charge in [0.1, 0.15) is 18.1 Å². The number of amides is 4. The zero-order valence-electron chi connectivity index (χ0n) is 27.6. The zero-order chi connectivity index (χ0) is 33.7. The maximum atomic E-state index is 14.3. The quantitative estimate of drug-likeness (QED) is 0.348. The highest BCUT2D eigenvalue weighted by Gasteiger charge is 2.55. The maximum Gasteiger partial charge on any atom is 0.249 e. The van der Waals surface area contributed by atoms with Gasteiger partial charge in [-0.3, -0.25) is 19.2 Å². The van der Waals surface area contributed by atoms with E-state index in [1.165, 1.54) is 0 Å². The molecule has 47 heavy (non-hydrogen) atoms. The molecule has 3 aliphatic heterocycles. The molecule has 5 rings (SSSR count). The lowest BCUT2D eigenvalue weighted by atomic mass is 9.83. The van der Waals surface area contributed by atoms with Crippen molar-refractivity contribution in [3.8, 4) is 0 Å². The fourth-order valence-electron chi connectivity index (χ4n) is 6.67. The molecule has 0 bridgehead atoms. The van der Waals surface area contributed by atoms with Crippen LogP contribution in [0.3, 0.4) is 0 Å². The molecule has 2 aromatic carbocycles. The highest BCUT2D eigenvalue weighted by molar-refractivity contribution is 7.99. The molecule has 0 unspecified atom stereocenters. The zero-order valence-corrected chi connectivity index (χ0v) is 29.2. The SMILES string of the molecule is CN[C@@H](C)C(=S)N[C@H]1CCS[C@H]2CC(C)(C)[C@@H](C(=O)N[C@H](C(=O)N3CCN(C(=O)Cc4ccccc4)CC3)c3ccccc3)N2C1=O. The molecule has 3 saturated heterocycles. The summed E-state index contributed by atoms with van der Waals surface area (Å²) in [7, 11) is 1.82. The van der Waals surface area contributed by atoms with Crippen molar-refractivity contribution in [1.82, 2.24) is 30.7 Å². The van der Waals surface area contributed by atoms with Crippen molar-refractivity contribution in [3.63, 3.8) is 0 Å². The van der Waals surface area contributed by atoms with E-state index in [-0.39, 0.29) is 35.0 Å². The van der Waals surface area contributed by atoms with E-state index in [9.17, 15) is 19.2 Å². The van der Waals surface area contributed by atoms with Crippen LogP contribution in [0.2, 0.25) is 0 Å². The van der Waals surface area contributed by atoms with Gasteiger partial charge < -0.3 is 30.7 Å². The average Bonchev–Trinajstić information content (AvgIpc) is 3.27. The van der Waals surface area contributed by atoms with E-state index in [0.717, 1.165) is 11.3 Å². The van der Waals surface area contributed by atoms with E-state index < -0.39 is 23.5 Å². The number of carbonyl (C=O) groups excluding carboxylic acids is 4. The molecular weight excluding hydrogens is 633 g/mol. The molecule has 252 valence electrons. The van der Waals surface area contributed by atoms with Gasteiger partial charge in [0.15, 0.2) is 0 Å². The van der Waals surface area contributed by atoms with Gasteiger partial charge >= 0.3 is 0 Å². The Hall–Kier alpha value is -3.48. The van der Waals surface area contributed by atoms with Gasteiger partial charge in [-0.2, -0.15) is 0 Å². The topological polar surface area (TPSA) is 114 Å². The highest BCUT2D eigenvalue weighted by atomic mass is 32.2. The summed E-state index contributed by atoms with van der Waals surface area (Å²) in [6.07, 6.45) is 1.58. The number of likely N-dealkylation sites (N-methyl/N-ethyl adjacent to an activating group) is 1. The summed E-state index contributed by atoms with van der Waals surface area (Å²) in [5.74, 6) is 0.0708. The molecule has 0 saturated carbocycles. The summed E-state index contributed by atoms with van der Waals surface area (Å²) in [4.78, 5) is 61.4. The van der Waals surface area contributed by atoms with Gasteiger partial charge in [-0.1, -0.05) is 86.7 Å². The minimum absolute atomic E-state index is 0.0307. The molecule has 5 atom stereocenters. The largest absolute Gasteiger partial charge is 0.367 e. The van der Waals surface area contributed by atoms with Crippen molar-refractivity contribution in [3.05, 3.63) is 71.8 Å². The molecule has 4 amide bonds. The summed E-state index contributed by atoms with van der Waals surface area (Å²) in [5.41, 5.74) is 1.11. The highest BCUT2D eigenvalue weighted by Crippen LogP contribution is 2.46. The first-order valence-corrected chi connectivity index (χ1v) is 17.8. The molecule has 0 spiro atoms. The molecule has 2 aromatic rings. The molecular formula is C35H46N6O4S2. The number of thiocarbonyl (C=S) groups is 1. The molecule has 3 heterocycles. The van der Waals surface area contributed by atoms with Gasteiger partial charge in [0.2, 0.25) is 23.6 Å². The Morgan fingerprint density at radius 2 is 1.60 bits per heavy atom. The van der Waals surface area contributed by atoms with Crippen LogP contribution in [0.15, 0.2) is 60.7 Å². The van der Waals surface area contributed by atoms with Gasteiger partial charge in [0, 0.05) is 26.2 Å². The maximum absolute atomic E-state index is 14.3. The van der Waals surface area contributed by atoms with Crippen LogP contribution < -0.4 is 16.0 Å². The monoisotopic (exact) mass is 678 g/mol. The first-order chi connectivity index (χ1) is 22.5. The Balaban J connectivity index is 1.31. The van der Waals surface area contributed by atoms with E-state index in [2.05, 4.69) is 16.0 Å². The third kappa shape index (κ3) is 7.98. The van der Waals surface area contributed by atoms with E-state index >= 15 is 0 Å². The van der Waals surface area contributed by atoms with Crippen molar-refractivity contribution in [2.45, 2.75) is 69.6 Å². The van der Waals surface area contributed by atoms with Gasteiger partial charge in [0.25, 0.3) is 0 Å². The lowest BCUT2D eigenvalue weighted by Gasteiger charge is -2.38. The Bertz CT molecular complexity index is 1450. The van der Waals surface area contributed by atoms with Crippen molar-refractivity contribution >= 4 is 52.6 Å². The van der Waals surface area contributed by atoms with Crippen LogP contribution in [0, 0.1) is 5.41 Å². The first kappa shape index (κ1) is 34.8. The van der Waals surface area contributed by atoms with Gasteiger partial charge in [-0.15, -0.1) is 11.8 Å². The predicted molar refractivity (Wildman–Crippen MR) is 189 cm³/mol. The van der Waals surface area contributed by atoms with Gasteiger partial charge in [0.05, 0.1) is 22.8 Å². The normalized spacial score (nSPS) is 23.7. The predicted octanol–water partition coefficient (Wildman–Crippen LogP) is 2.74. The third-order valence-electron chi connectivity index (χ3n) is 9.50. The molecule has 0 aromatic heterocycles. The number of benzene rings is 2. The lowest BCUT2D eigenvalue weighted by Crippen LogP contribution is -2.59. The Morgan fingerprint density at radius 1 is 0.979 bits per heavy atom. The van der Waals surface area contributed by atoms with Crippen LogP contribution in [0.5, 0.6) is 0 Å². The number of hydrogen-bond acceptors (Lipinski definition) is 7. The second-order valence-corrected chi connectivity index (χ2v) is 15.0. The molecule has 3 N–H and O–H groups in total. The Kier molecular flexibility index (Phi) is 11.2. The molecule has 0 radical (unpaired) electrons. The van der Waals surface area contributed by atoms with E-state index in [0.29, 0.717) is 56.0 Å². The van der Waals surface area contributed by atoms with E-state index in [1.807, 2.05) is 88.5 Å². The van der Waals surface area contributed by atoms with Crippen molar-refractivity contribution in [2.75, 3.05) is 39.0 Å². The number of nitrogens with one attached hydrogen (secondary N) is 3. The second-order valence-electron chi connectivity index (χ2n) is 13.2. The van der Waals surface area contributed by atoms with Crippen molar-refractivity contribution < 1.29 is 19.2 Å². The average molecular weight is 679 g/mol. The van der Waals surface area contributed by atoms with Crippen LogP contribution in [0.1, 0.15) is 50.8 Å². The molecule has 3 fully saturated rings. The number of hydrogen-bond donors (Lipinski definition) is 3. The number of fused-ring (bicyclic) bond motifs is 1. The molecule has 0 aliphatic carbocycles. The van der Waals surface area contributed by atoms with Crippen molar-refractivity contribution in [2.24, 2.45) is 5.41 Å². The van der Waals surface area contributed by atoms with Crippen LogP contribution in [-0.2, 0) is 25.6 Å². The number of rotatable bonds is 9. The first-order valence-electron chi connectivity index (χ1n) is 16.4. The van der Waals surface area contributed by atoms with Gasteiger partial charge in [-0.25, -0.2) is 0 Å². The standard InChI is InChI=1S/C35H46N6O4S2/c1-23(36-4)32(46)37-26-15-20-47-28-22-35(2,3)30(41(28)33(26)44)31(43)38-29(25-13-9-6-10-14-25)34(45)40-18-16-39(17-19-40)27(42)21-24-11-7-5-8-12-24/h5-14,23,26,28-30,36H,15-22H2,1-4H3,(H,37,46)(H,38,43)/t23-,26-,28-,29-,30+/m0/s1. The molecule has 12 heteroatoms. The minimum Gasteiger partial charge on any atom is -0.367 e. The summed E-state index contributed by atoms with van der Waals surface area (Å²) < 4.78 is 0. The fourth-order valence-corrected chi connectivity index (χ4v) is 8.51. The van der Waals surface area contributed by atoms with Crippen LogP contribution >= 0.6 is 24.0 Å². The Morgan fingerprint density at radius 3 is 2.23 bits per heavy atom. The Labute approximate surface area is 287 Å². The summed E-state index contributed by atoms with van der Waals surface area (Å²) in [6.45, 7) is 7.55. The van der Waals surface area contributed by atoms with E-state index in [4.69, 9.17) is 12.2 Å². The third-order valence-corrected chi connectivity index (χ3v) is 11.2. The number of nitrogens with zero attached hydrogens (tertiary/aromatic N) is 3. The number of carbonyl (C=O) groups is 4. The van der Waals surface area contributed by atoms with Crippen molar-refractivity contribution in [1.29, 1.82) is 0 Å². The lowest BCUT2D eigenvalue weighted by molar-refractivity contribution is -0.145. The fraction of sp³-hybridized carbons (Fsp3) is 0.514. The summed E-state index contributed by atoms with van der Waals surface area (Å²) in [6, 6.07) is 16.5. The van der Waals surface area contributed by atoms with Gasteiger partial charge in [-0.05, 0) is 49.1 Å². The molecule has 3 aliphatic rings. The van der Waals surface area contributed by atoms with Crippen LogP contribution in [0.4, 0.5) is 0 Å². The number of thioether (sulfide) groups is 1. The van der Waals surface area contributed by atoms with E-state index in [1.54, 1.807) is 26.5 Å². The minimum atomic E-state index is -0.933. The number of piperazine rings is 1. The summed E-state index contributed by atoms with van der Waals surface area (Å²) >= 11 is 7.25. The summed E-state index contributed by atoms with van der Waals surface area (Å²) in [5, 5.41) is 9.30. The smallest absolute Gasteiger partial charge is 0.249 e. The van der Waals surface area contributed by atoms with Crippen LogP contribution in [0.25, 0.3) is 0 Å². The van der Waals surface area contributed by atoms with Crippen LogP contribution in [-0.4, -0.2) is 106 Å². The molecule has 10 nitrogen and oxygen atoms in total. The second kappa shape index (κ2) is 15.2.